The molecule has 20 heavy (non-hydrogen) atoms. The normalized spacial score (nSPS) is 10.8. The number of aryl methyl sites for hydroxylation is 1. The summed E-state index contributed by atoms with van der Waals surface area (Å²) in [5.74, 6) is 1.23. The number of rotatable bonds is 5. The quantitative estimate of drug-likeness (QED) is 0.906. The van der Waals surface area contributed by atoms with Crippen LogP contribution in [0, 0.1) is 5.92 Å². The second kappa shape index (κ2) is 6.27. The van der Waals surface area contributed by atoms with Crippen LogP contribution in [0.1, 0.15) is 26.7 Å². The van der Waals surface area contributed by atoms with E-state index in [1.165, 1.54) is 0 Å². The van der Waals surface area contributed by atoms with Gasteiger partial charge in [-0.15, -0.1) is 5.10 Å². The average Bonchev–Trinajstić information content (AvgIpc) is 2.83. The highest BCUT2D eigenvalue weighted by Crippen LogP contribution is 2.19. The molecule has 1 heterocycles. The van der Waals surface area contributed by atoms with Gasteiger partial charge in [0.25, 0.3) is 0 Å². The number of tetrazole rings is 1. The van der Waals surface area contributed by atoms with Gasteiger partial charge in [0.15, 0.2) is 5.82 Å². The van der Waals surface area contributed by atoms with Crippen molar-refractivity contribution in [3.63, 3.8) is 0 Å². The van der Waals surface area contributed by atoms with Crippen LogP contribution in [0.3, 0.4) is 0 Å². The van der Waals surface area contributed by atoms with Gasteiger partial charge in [0, 0.05) is 24.7 Å². The first kappa shape index (κ1) is 14.2. The Balaban J connectivity index is 2.07. The first-order valence-electron chi connectivity index (χ1n) is 6.69. The van der Waals surface area contributed by atoms with Gasteiger partial charge in [-0.3, -0.25) is 4.79 Å². The molecule has 1 amide bonds. The predicted molar refractivity (Wildman–Crippen MR) is 76.9 cm³/mol. The third kappa shape index (κ3) is 3.63. The standard InChI is InChI=1S/C14H19N5O/c1-10(2)7-8-13(20)15-12-6-4-5-11(9-12)14-16-17-18-19(14)3/h4-6,9-10H,7-8H2,1-3H3,(H,15,20). The smallest absolute Gasteiger partial charge is 0.224 e. The number of anilines is 1. The molecule has 0 saturated heterocycles. The van der Waals surface area contributed by atoms with Gasteiger partial charge in [-0.1, -0.05) is 26.0 Å². The number of carbonyl (C=O) groups is 1. The Bertz CT molecular complexity index is 591. The van der Waals surface area contributed by atoms with E-state index in [1.807, 2.05) is 24.3 Å². The molecular weight excluding hydrogens is 254 g/mol. The van der Waals surface area contributed by atoms with Crippen molar-refractivity contribution in [3.05, 3.63) is 24.3 Å². The van der Waals surface area contributed by atoms with Crippen molar-refractivity contribution >= 4 is 11.6 Å². The number of amides is 1. The van der Waals surface area contributed by atoms with Gasteiger partial charge in [0.05, 0.1) is 0 Å². The van der Waals surface area contributed by atoms with Gasteiger partial charge < -0.3 is 5.32 Å². The third-order valence-electron chi connectivity index (χ3n) is 2.97. The number of nitrogens with one attached hydrogen (secondary N) is 1. The van der Waals surface area contributed by atoms with E-state index in [0.29, 0.717) is 18.2 Å². The van der Waals surface area contributed by atoms with E-state index in [2.05, 4.69) is 34.7 Å². The molecule has 0 atom stereocenters. The van der Waals surface area contributed by atoms with Crippen LogP contribution >= 0.6 is 0 Å². The summed E-state index contributed by atoms with van der Waals surface area (Å²) in [5.41, 5.74) is 1.64. The first-order chi connectivity index (χ1) is 9.56. The summed E-state index contributed by atoms with van der Waals surface area (Å²) in [5, 5.41) is 14.3. The lowest BCUT2D eigenvalue weighted by Gasteiger charge is -2.08. The number of hydrogen-bond acceptors (Lipinski definition) is 4. The average molecular weight is 273 g/mol. The number of aromatic nitrogens is 4. The SMILES string of the molecule is CC(C)CCC(=O)Nc1cccc(-c2nnnn2C)c1. The van der Waals surface area contributed by atoms with Gasteiger partial charge in [0.2, 0.25) is 5.91 Å². The zero-order chi connectivity index (χ0) is 14.5. The summed E-state index contributed by atoms with van der Waals surface area (Å²) < 4.78 is 1.60. The summed E-state index contributed by atoms with van der Waals surface area (Å²) >= 11 is 0. The van der Waals surface area contributed by atoms with Crippen LogP contribution in [0.4, 0.5) is 5.69 Å². The molecule has 1 N–H and O–H groups in total. The molecule has 1 aromatic carbocycles. The van der Waals surface area contributed by atoms with Gasteiger partial charge in [-0.25, -0.2) is 4.68 Å². The molecule has 6 heteroatoms. The fourth-order valence-electron chi connectivity index (χ4n) is 1.85. The van der Waals surface area contributed by atoms with Crippen molar-refractivity contribution in [1.82, 2.24) is 20.2 Å². The maximum Gasteiger partial charge on any atom is 0.224 e. The van der Waals surface area contributed by atoms with E-state index in [0.717, 1.165) is 17.7 Å². The van der Waals surface area contributed by atoms with Crippen LogP contribution in [0.5, 0.6) is 0 Å². The van der Waals surface area contributed by atoms with Crippen molar-refractivity contribution in [1.29, 1.82) is 0 Å². The minimum absolute atomic E-state index is 0.0342. The van der Waals surface area contributed by atoms with E-state index in [4.69, 9.17) is 0 Å². The molecule has 6 nitrogen and oxygen atoms in total. The highest BCUT2D eigenvalue weighted by molar-refractivity contribution is 5.91. The first-order valence-corrected chi connectivity index (χ1v) is 6.69. The molecule has 0 fully saturated rings. The number of hydrogen-bond donors (Lipinski definition) is 1. The zero-order valence-electron chi connectivity index (χ0n) is 12.0. The maximum atomic E-state index is 11.8. The van der Waals surface area contributed by atoms with Crippen LogP contribution in [0.2, 0.25) is 0 Å². The molecule has 2 aromatic rings. The number of carbonyl (C=O) groups excluding carboxylic acids is 1. The van der Waals surface area contributed by atoms with Gasteiger partial charge in [-0.2, -0.15) is 0 Å². The lowest BCUT2D eigenvalue weighted by molar-refractivity contribution is -0.116. The fraction of sp³-hybridized carbons (Fsp3) is 0.429. The lowest BCUT2D eigenvalue weighted by atomic mass is 10.1. The van der Waals surface area contributed by atoms with Crippen LogP contribution in [0.15, 0.2) is 24.3 Å². The molecule has 0 bridgehead atoms. The minimum Gasteiger partial charge on any atom is -0.326 e. The number of nitrogens with zero attached hydrogens (tertiary/aromatic N) is 4. The van der Waals surface area contributed by atoms with E-state index in [-0.39, 0.29) is 5.91 Å². The monoisotopic (exact) mass is 273 g/mol. The molecule has 0 spiro atoms. The largest absolute Gasteiger partial charge is 0.326 e. The molecule has 0 aliphatic rings. The Hall–Kier alpha value is -2.24. The summed E-state index contributed by atoms with van der Waals surface area (Å²) in [6.45, 7) is 4.21. The molecule has 0 radical (unpaired) electrons. The summed E-state index contributed by atoms with van der Waals surface area (Å²) in [6, 6.07) is 7.52. The molecule has 1 aromatic heterocycles. The van der Waals surface area contributed by atoms with Crippen LogP contribution in [-0.2, 0) is 11.8 Å². The van der Waals surface area contributed by atoms with Crippen LogP contribution in [0.25, 0.3) is 11.4 Å². The van der Waals surface area contributed by atoms with Crippen molar-refractivity contribution < 1.29 is 4.79 Å². The second-order valence-corrected chi connectivity index (χ2v) is 5.19. The Kier molecular flexibility index (Phi) is 4.45. The van der Waals surface area contributed by atoms with Crippen molar-refractivity contribution in [2.24, 2.45) is 13.0 Å². The lowest BCUT2D eigenvalue weighted by Crippen LogP contribution is -2.12. The molecule has 0 aliphatic carbocycles. The van der Waals surface area contributed by atoms with Crippen LogP contribution in [-0.4, -0.2) is 26.1 Å². The summed E-state index contributed by atoms with van der Waals surface area (Å²) in [6.07, 6.45) is 1.42. The summed E-state index contributed by atoms with van der Waals surface area (Å²) in [4.78, 5) is 11.8. The topological polar surface area (TPSA) is 72.7 Å². The summed E-state index contributed by atoms with van der Waals surface area (Å²) in [7, 11) is 1.78. The Morgan fingerprint density at radius 2 is 2.20 bits per heavy atom. The molecule has 2 rings (SSSR count). The van der Waals surface area contributed by atoms with Crippen LogP contribution < -0.4 is 5.32 Å². The zero-order valence-corrected chi connectivity index (χ0v) is 12.0. The molecule has 0 aliphatic heterocycles. The van der Waals surface area contributed by atoms with Gasteiger partial charge in [-0.05, 0) is 34.9 Å². The van der Waals surface area contributed by atoms with E-state index < -0.39 is 0 Å². The van der Waals surface area contributed by atoms with Crippen molar-refractivity contribution in [2.75, 3.05) is 5.32 Å². The van der Waals surface area contributed by atoms with Crippen molar-refractivity contribution in [3.8, 4) is 11.4 Å². The molecule has 106 valence electrons. The van der Waals surface area contributed by atoms with Gasteiger partial charge >= 0.3 is 0 Å². The second-order valence-electron chi connectivity index (χ2n) is 5.19. The van der Waals surface area contributed by atoms with E-state index in [1.54, 1.807) is 11.7 Å². The predicted octanol–water partition coefficient (Wildman–Crippen LogP) is 2.25. The maximum absolute atomic E-state index is 11.8. The number of benzene rings is 1. The minimum atomic E-state index is 0.0342. The highest BCUT2D eigenvalue weighted by atomic mass is 16.1. The molecular formula is C14H19N5O. The Morgan fingerprint density at radius 1 is 1.40 bits per heavy atom. The third-order valence-corrected chi connectivity index (χ3v) is 2.97. The van der Waals surface area contributed by atoms with E-state index in [9.17, 15) is 4.79 Å². The Morgan fingerprint density at radius 3 is 2.85 bits per heavy atom. The molecule has 0 saturated carbocycles. The molecule has 0 unspecified atom stereocenters. The van der Waals surface area contributed by atoms with Gasteiger partial charge in [0.1, 0.15) is 0 Å². The fourth-order valence-corrected chi connectivity index (χ4v) is 1.85. The Labute approximate surface area is 118 Å². The van der Waals surface area contributed by atoms with E-state index >= 15 is 0 Å². The van der Waals surface area contributed by atoms with Crippen molar-refractivity contribution in [2.45, 2.75) is 26.7 Å². The highest BCUT2D eigenvalue weighted by Gasteiger charge is 2.08.